The first-order valence-electron chi connectivity index (χ1n) is 11.6. The molecule has 4 aromatic rings. The molecule has 178 valence electrons. The number of nitrogens with zero attached hydrogens (tertiary/aromatic N) is 1. The van der Waals surface area contributed by atoms with Crippen LogP contribution in [0.5, 0.6) is 5.75 Å². The van der Waals surface area contributed by atoms with Crippen molar-refractivity contribution in [1.82, 2.24) is 5.32 Å². The molecule has 1 aliphatic rings. The van der Waals surface area contributed by atoms with Crippen LogP contribution in [0.1, 0.15) is 50.5 Å². The zero-order valence-electron chi connectivity index (χ0n) is 19.1. The highest BCUT2D eigenvalue weighted by atomic mass is 79.9. The molecule has 2 aromatic carbocycles. The quantitative estimate of drug-likeness (QED) is 0.236. The lowest BCUT2D eigenvalue weighted by Crippen LogP contribution is -2.23. The molecular weight excluding hydrogens is 524 g/mol. The zero-order chi connectivity index (χ0) is 24.0. The average Bonchev–Trinajstić information content (AvgIpc) is 3.54. The summed E-state index contributed by atoms with van der Waals surface area (Å²) in [6, 6.07) is 19.6. The molecule has 0 saturated heterocycles. The first-order valence-corrected chi connectivity index (χ1v) is 13.2. The van der Waals surface area contributed by atoms with Crippen LogP contribution in [-0.2, 0) is 26.0 Å². The number of hydrogen-bond donors (Lipinski definition) is 1. The van der Waals surface area contributed by atoms with Crippen LogP contribution < -0.4 is 10.1 Å². The molecule has 0 aliphatic heterocycles. The van der Waals surface area contributed by atoms with Crippen LogP contribution in [0.25, 0.3) is 0 Å². The zero-order valence-corrected chi connectivity index (χ0v) is 21.5. The van der Waals surface area contributed by atoms with Gasteiger partial charge in [0.1, 0.15) is 23.1 Å². The summed E-state index contributed by atoms with van der Waals surface area (Å²) < 4.78 is 12.2. The predicted octanol–water partition coefficient (Wildman–Crippen LogP) is 7.24. The van der Waals surface area contributed by atoms with Gasteiger partial charge in [-0.3, -0.25) is 4.79 Å². The topological polar surface area (TPSA) is 63.8 Å². The Morgan fingerprint density at radius 2 is 1.97 bits per heavy atom. The van der Waals surface area contributed by atoms with Gasteiger partial charge >= 0.3 is 0 Å². The molecule has 35 heavy (non-hydrogen) atoms. The van der Waals surface area contributed by atoms with E-state index in [-0.39, 0.29) is 5.91 Å². The van der Waals surface area contributed by atoms with Crippen molar-refractivity contribution in [2.24, 2.45) is 4.99 Å². The maximum Gasteiger partial charge on any atom is 0.255 e. The van der Waals surface area contributed by atoms with Gasteiger partial charge in [0.25, 0.3) is 5.91 Å². The molecule has 0 fully saturated rings. The van der Waals surface area contributed by atoms with E-state index in [1.54, 1.807) is 17.6 Å². The van der Waals surface area contributed by atoms with Crippen molar-refractivity contribution in [1.29, 1.82) is 0 Å². The van der Waals surface area contributed by atoms with Crippen molar-refractivity contribution in [2.75, 3.05) is 0 Å². The Balaban J connectivity index is 1.33. The molecule has 0 unspecified atom stereocenters. The van der Waals surface area contributed by atoms with Crippen molar-refractivity contribution < 1.29 is 13.9 Å². The van der Waals surface area contributed by atoms with Gasteiger partial charge < -0.3 is 14.5 Å². The third-order valence-electron chi connectivity index (χ3n) is 5.91. The number of thiophene rings is 1. The number of fused-ring (bicyclic) bond motifs is 1. The minimum absolute atomic E-state index is 0.0983. The van der Waals surface area contributed by atoms with E-state index in [0.717, 1.165) is 63.4 Å². The molecule has 0 bridgehead atoms. The summed E-state index contributed by atoms with van der Waals surface area (Å²) in [6.07, 6.45) is 7.60. The third-order valence-corrected chi connectivity index (χ3v) is 7.73. The van der Waals surface area contributed by atoms with Gasteiger partial charge in [0.15, 0.2) is 0 Å². The van der Waals surface area contributed by atoms with Crippen LogP contribution >= 0.6 is 27.3 Å². The Kier molecular flexibility index (Phi) is 7.45. The maximum atomic E-state index is 13.1. The fraction of sp³-hybridized carbons (Fsp3) is 0.214. The lowest BCUT2D eigenvalue weighted by Gasteiger charge is -2.12. The second-order valence-corrected chi connectivity index (χ2v) is 10.3. The number of aliphatic imine (C=N–C) groups is 1. The highest BCUT2D eigenvalue weighted by Gasteiger charge is 2.25. The minimum atomic E-state index is -0.0983. The van der Waals surface area contributed by atoms with Crippen LogP contribution in [0, 0.1) is 0 Å². The number of carbonyl (C=O) groups is 1. The molecule has 2 heterocycles. The predicted molar refractivity (Wildman–Crippen MR) is 143 cm³/mol. The summed E-state index contributed by atoms with van der Waals surface area (Å²) in [5.74, 6) is 1.40. The van der Waals surface area contributed by atoms with Crippen LogP contribution in [0.4, 0.5) is 5.00 Å². The fourth-order valence-corrected chi connectivity index (χ4v) is 5.87. The van der Waals surface area contributed by atoms with Gasteiger partial charge in [-0.2, -0.15) is 0 Å². The van der Waals surface area contributed by atoms with E-state index in [1.165, 1.54) is 4.88 Å². The number of carbonyl (C=O) groups excluding carboxylic acids is 1. The first kappa shape index (κ1) is 23.6. The van der Waals surface area contributed by atoms with E-state index >= 15 is 0 Å². The van der Waals surface area contributed by atoms with Crippen molar-refractivity contribution in [3.05, 3.63) is 104 Å². The van der Waals surface area contributed by atoms with E-state index in [4.69, 9.17) is 14.1 Å². The van der Waals surface area contributed by atoms with E-state index in [1.807, 2.05) is 66.9 Å². The highest BCUT2D eigenvalue weighted by Crippen LogP contribution is 2.40. The lowest BCUT2D eigenvalue weighted by molar-refractivity contribution is 0.0948. The van der Waals surface area contributed by atoms with E-state index in [2.05, 4.69) is 21.2 Å². The molecule has 1 aliphatic carbocycles. The molecule has 5 rings (SSSR count). The monoisotopic (exact) mass is 548 g/mol. The summed E-state index contributed by atoms with van der Waals surface area (Å²) in [6.45, 7) is 0.862. The van der Waals surface area contributed by atoms with Gasteiger partial charge in [0, 0.05) is 11.1 Å². The largest absolute Gasteiger partial charge is 0.488 e. The molecular formula is C28H25BrN2O3S. The SMILES string of the molecule is O=C(NCc1ccco1)c1c(N=Cc2ccc(OCc3ccccc3)c(Br)c2)sc2c1CCCC2. The van der Waals surface area contributed by atoms with Crippen molar-refractivity contribution in [3.63, 3.8) is 0 Å². The van der Waals surface area contributed by atoms with E-state index in [0.29, 0.717) is 18.7 Å². The number of nitrogens with one attached hydrogen (secondary N) is 1. The summed E-state index contributed by atoms with van der Waals surface area (Å²) >= 11 is 5.24. The van der Waals surface area contributed by atoms with E-state index < -0.39 is 0 Å². The number of ether oxygens (including phenoxy) is 1. The highest BCUT2D eigenvalue weighted by molar-refractivity contribution is 9.10. The molecule has 2 aromatic heterocycles. The number of amides is 1. The molecule has 0 spiro atoms. The normalized spacial score (nSPS) is 13.1. The van der Waals surface area contributed by atoms with Gasteiger partial charge in [-0.15, -0.1) is 11.3 Å². The molecule has 1 N–H and O–H groups in total. The summed E-state index contributed by atoms with van der Waals surface area (Å²) in [4.78, 5) is 19.2. The van der Waals surface area contributed by atoms with E-state index in [9.17, 15) is 4.79 Å². The third kappa shape index (κ3) is 5.74. The van der Waals surface area contributed by atoms with Gasteiger partial charge in [0.2, 0.25) is 0 Å². The minimum Gasteiger partial charge on any atom is -0.488 e. The van der Waals surface area contributed by atoms with Crippen LogP contribution in [0.2, 0.25) is 0 Å². The van der Waals surface area contributed by atoms with Gasteiger partial charge in [-0.25, -0.2) is 4.99 Å². The number of hydrogen-bond acceptors (Lipinski definition) is 5. The molecule has 7 heteroatoms. The Labute approximate surface area is 217 Å². The number of furan rings is 1. The van der Waals surface area contributed by atoms with Gasteiger partial charge in [-0.1, -0.05) is 30.3 Å². The Bertz CT molecular complexity index is 1330. The number of rotatable bonds is 8. The molecule has 1 amide bonds. The molecule has 5 nitrogen and oxygen atoms in total. The fourth-order valence-electron chi connectivity index (χ4n) is 4.13. The van der Waals surface area contributed by atoms with Crippen molar-refractivity contribution >= 4 is 44.4 Å². The van der Waals surface area contributed by atoms with Crippen molar-refractivity contribution in [3.8, 4) is 5.75 Å². The Morgan fingerprint density at radius 3 is 2.77 bits per heavy atom. The Morgan fingerprint density at radius 1 is 1.11 bits per heavy atom. The van der Waals surface area contributed by atoms with Crippen LogP contribution in [0.15, 0.2) is 80.8 Å². The number of halogens is 1. The first-order chi connectivity index (χ1) is 17.2. The summed E-state index contributed by atoms with van der Waals surface area (Å²) in [7, 11) is 0. The van der Waals surface area contributed by atoms with Crippen LogP contribution in [0.3, 0.4) is 0 Å². The summed E-state index contributed by atoms with van der Waals surface area (Å²) in [5.41, 5.74) is 3.90. The number of aryl methyl sites for hydroxylation is 1. The maximum absolute atomic E-state index is 13.1. The lowest BCUT2D eigenvalue weighted by atomic mass is 9.95. The second-order valence-electron chi connectivity index (χ2n) is 8.38. The van der Waals surface area contributed by atoms with Gasteiger partial charge in [0.05, 0.1) is 22.8 Å². The second kappa shape index (κ2) is 11.1. The van der Waals surface area contributed by atoms with Gasteiger partial charge in [-0.05, 0) is 88.6 Å². The number of benzene rings is 2. The standard InChI is InChI=1S/C28H25BrN2O3S/c29-23-15-20(12-13-24(23)34-18-19-7-2-1-3-8-19)16-31-28-26(22-10-4-5-11-25(22)35-28)27(32)30-17-21-9-6-14-33-21/h1-3,6-9,12-16H,4-5,10-11,17-18H2,(H,30,32). The van der Waals surface area contributed by atoms with Crippen LogP contribution in [-0.4, -0.2) is 12.1 Å². The average molecular weight is 549 g/mol. The molecule has 0 saturated carbocycles. The molecule has 0 atom stereocenters. The Hall–Kier alpha value is -3.16. The smallest absolute Gasteiger partial charge is 0.255 e. The van der Waals surface area contributed by atoms with Crippen molar-refractivity contribution in [2.45, 2.75) is 38.8 Å². The molecule has 0 radical (unpaired) electrons. The summed E-state index contributed by atoms with van der Waals surface area (Å²) in [5, 5.41) is 3.76.